The van der Waals surface area contributed by atoms with Crippen LogP contribution in [-0.2, 0) is 4.79 Å². The van der Waals surface area contributed by atoms with Crippen LogP contribution < -0.4 is 5.32 Å². The van der Waals surface area contributed by atoms with Gasteiger partial charge in [0.15, 0.2) is 5.76 Å². The van der Waals surface area contributed by atoms with Gasteiger partial charge in [-0.25, -0.2) is 0 Å². The Balaban J connectivity index is 1.54. The highest BCUT2D eigenvalue weighted by atomic mass is 32.2. The van der Waals surface area contributed by atoms with Crippen LogP contribution in [0.4, 0.5) is 0 Å². The number of furan rings is 1. The van der Waals surface area contributed by atoms with Crippen LogP contribution in [0.1, 0.15) is 39.0 Å². The van der Waals surface area contributed by atoms with E-state index in [9.17, 15) is 4.79 Å². The number of thioether (sulfide) groups is 1. The maximum Gasteiger partial charge on any atom is 0.284 e. The lowest BCUT2D eigenvalue weighted by molar-refractivity contribution is -0.121. The minimum absolute atomic E-state index is 0.0228. The van der Waals surface area contributed by atoms with Crippen LogP contribution in [0.5, 0.6) is 0 Å². The quantitative estimate of drug-likeness (QED) is 0.851. The van der Waals surface area contributed by atoms with Crippen LogP contribution in [0.2, 0.25) is 0 Å². The van der Waals surface area contributed by atoms with E-state index >= 15 is 0 Å². The van der Waals surface area contributed by atoms with E-state index in [1.807, 2.05) is 6.92 Å². The highest BCUT2D eigenvalue weighted by molar-refractivity contribution is 8.00. The molecule has 1 amide bonds. The fourth-order valence-electron chi connectivity index (χ4n) is 2.53. The number of carbonyl (C=O) groups is 1. The van der Waals surface area contributed by atoms with Crippen molar-refractivity contribution in [1.29, 1.82) is 0 Å². The third kappa shape index (κ3) is 3.71. The number of amides is 1. The zero-order valence-corrected chi connectivity index (χ0v) is 13.3. The number of nitrogens with one attached hydrogen (secondary N) is 1. The molecular formula is C15H19N3O3S. The van der Waals surface area contributed by atoms with Crippen molar-refractivity contribution in [3.63, 3.8) is 0 Å². The highest BCUT2D eigenvalue weighted by Gasteiger charge is 2.22. The van der Waals surface area contributed by atoms with Crippen LogP contribution in [0.25, 0.3) is 11.7 Å². The van der Waals surface area contributed by atoms with Crippen molar-refractivity contribution in [2.75, 3.05) is 0 Å². The van der Waals surface area contributed by atoms with E-state index in [0.717, 1.165) is 12.8 Å². The largest absolute Gasteiger partial charge is 0.459 e. The summed E-state index contributed by atoms with van der Waals surface area (Å²) in [6, 6.07) is 3.82. The normalized spacial score (nSPS) is 17.3. The molecule has 2 heterocycles. The molecule has 0 aliphatic heterocycles. The van der Waals surface area contributed by atoms with Gasteiger partial charge >= 0.3 is 0 Å². The molecule has 1 unspecified atom stereocenters. The van der Waals surface area contributed by atoms with Gasteiger partial charge in [0.25, 0.3) is 11.1 Å². The molecular weight excluding hydrogens is 302 g/mol. The molecule has 0 bridgehead atoms. The number of aromatic nitrogens is 2. The fraction of sp³-hybridized carbons (Fsp3) is 0.533. The summed E-state index contributed by atoms with van der Waals surface area (Å²) in [5, 5.41) is 11.1. The van der Waals surface area contributed by atoms with Gasteiger partial charge in [-0.15, -0.1) is 10.2 Å². The van der Waals surface area contributed by atoms with Crippen molar-refractivity contribution in [3.8, 4) is 11.7 Å². The number of nitrogens with zero attached hydrogens (tertiary/aromatic N) is 2. The first-order chi connectivity index (χ1) is 10.7. The third-order valence-corrected chi connectivity index (χ3v) is 4.67. The van der Waals surface area contributed by atoms with Crippen LogP contribution >= 0.6 is 11.8 Å². The molecule has 118 valence electrons. The Kier molecular flexibility index (Phi) is 4.82. The van der Waals surface area contributed by atoms with E-state index in [4.69, 9.17) is 8.83 Å². The van der Waals surface area contributed by atoms with Gasteiger partial charge in [0.05, 0.1) is 11.5 Å². The number of carbonyl (C=O) groups excluding carboxylic acids is 1. The number of rotatable bonds is 5. The van der Waals surface area contributed by atoms with Gasteiger partial charge < -0.3 is 14.2 Å². The summed E-state index contributed by atoms with van der Waals surface area (Å²) < 4.78 is 10.7. The van der Waals surface area contributed by atoms with Gasteiger partial charge in [-0.05, 0) is 31.9 Å². The van der Waals surface area contributed by atoms with Crippen molar-refractivity contribution in [1.82, 2.24) is 15.5 Å². The first-order valence-corrected chi connectivity index (χ1v) is 8.45. The molecule has 1 aliphatic carbocycles. The van der Waals surface area contributed by atoms with E-state index in [2.05, 4.69) is 15.5 Å². The van der Waals surface area contributed by atoms with Gasteiger partial charge in [0.2, 0.25) is 5.91 Å². The molecule has 0 aromatic carbocycles. The summed E-state index contributed by atoms with van der Waals surface area (Å²) in [7, 11) is 0. The van der Waals surface area contributed by atoms with E-state index in [0.29, 0.717) is 22.9 Å². The zero-order chi connectivity index (χ0) is 15.4. The first-order valence-electron chi connectivity index (χ1n) is 7.57. The van der Waals surface area contributed by atoms with Gasteiger partial charge in [-0.1, -0.05) is 31.0 Å². The standard InChI is InChI=1S/C15H19N3O3S/c1-10(13(19)16-11-6-3-2-4-7-11)22-15-18-17-14(21-15)12-8-5-9-20-12/h5,8-11H,2-4,6-7H2,1H3,(H,16,19). The lowest BCUT2D eigenvalue weighted by Crippen LogP contribution is -2.40. The Morgan fingerprint density at radius 1 is 1.36 bits per heavy atom. The van der Waals surface area contributed by atoms with Crippen LogP contribution in [-0.4, -0.2) is 27.4 Å². The summed E-state index contributed by atoms with van der Waals surface area (Å²) in [4.78, 5) is 12.2. The summed E-state index contributed by atoms with van der Waals surface area (Å²) in [6.45, 7) is 1.85. The molecule has 2 aromatic rings. The van der Waals surface area contributed by atoms with Gasteiger partial charge in [0, 0.05) is 6.04 Å². The van der Waals surface area contributed by atoms with Crippen molar-refractivity contribution in [2.24, 2.45) is 0 Å². The highest BCUT2D eigenvalue weighted by Crippen LogP contribution is 2.26. The molecule has 0 spiro atoms. The second kappa shape index (κ2) is 7.00. The molecule has 7 heteroatoms. The predicted molar refractivity (Wildman–Crippen MR) is 82.3 cm³/mol. The van der Waals surface area contributed by atoms with Gasteiger partial charge in [-0.3, -0.25) is 4.79 Å². The number of hydrogen-bond acceptors (Lipinski definition) is 6. The predicted octanol–water partition coefficient (Wildman–Crippen LogP) is 3.26. The van der Waals surface area contributed by atoms with Gasteiger partial charge in [0.1, 0.15) is 0 Å². The van der Waals surface area contributed by atoms with Crippen molar-refractivity contribution in [2.45, 2.75) is 55.5 Å². The average molecular weight is 321 g/mol. The van der Waals surface area contributed by atoms with Crippen LogP contribution in [0.3, 0.4) is 0 Å². The summed E-state index contributed by atoms with van der Waals surface area (Å²) in [5.41, 5.74) is 0. The molecule has 6 nitrogen and oxygen atoms in total. The molecule has 0 saturated heterocycles. The Bertz CT molecular complexity index is 605. The molecule has 1 saturated carbocycles. The summed E-state index contributed by atoms with van der Waals surface area (Å²) >= 11 is 1.26. The molecule has 0 radical (unpaired) electrons. The molecule has 1 fully saturated rings. The fourth-order valence-corrected chi connectivity index (χ4v) is 3.22. The summed E-state index contributed by atoms with van der Waals surface area (Å²) in [5.74, 6) is 0.876. The molecule has 2 aromatic heterocycles. The smallest absolute Gasteiger partial charge is 0.284 e. The molecule has 22 heavy (non-hydrogen) atoms. The number of hydrogen-bond donors (Lipinski definition) is 1. The van der Waals surface area contributed by atoms with Gasteiger partial charge in [-0.2, -0.15) is 0 Å². The van der Waals surface area contributed by atoms with E-state index in [-0.39, 0.29) is 11.2 Å². The Morgan fingerprint density at radius 3 is 2.91 bits per heavy atom. The van der Waals surface area contributed by atoms with E-state index in [1.165, 1.54) is 31.0 Å². The lowest BCUT2D eigenvalue weighted by atomic mass is 9.95. The second-order valence-corrected chi connectivity index (χ2v) is 6.75. The Morgan fingerprint density at radius 2 is 2.18 bits per heavy atom. The minimum Gasteiger partial charge on any atom is -0.459 e. The van der Waals surface area contributed by atoms with E-state index in [1.54, 1.807) is 18.4 Å². The SMILES string of the molecule is CC(Sc1nnc(-c2ccco2)o1)C(=O)NC1CCCCC1. The topological polar surface area (TPSA) is 81.2 Å². The Hall–Kier alpha value is -1.76. The second-order valence-electron chi connectivity index (χ2n) is 5.45. The monoisotopic (exact) mass is 321 g/mol. The molecule has 1 aliphatic rings. The van der Waals surface area contributed by atoms with Crippen molar-refractivity contribution >= 4 is 17.7 Å². The Labute approximate surface area is 133 Å². The van der Waals surface area contributed by atoms with E-state index < -0.39 is 0 Å². The van der Waals surface area contributed by atoms with Crippen LogP contribution in [0.15, 0.2) is 32.5 Å². The molecule has 1 atom stereocenters. The van der Waals surface area contributed by atoms with Crippen LogP contribution in [0, 0.1) is 0 Å². The average Bonchev–Trinajstić information content (AvgIpc) is 3.19. The molecule has 1 N–H and O–H groups in total. The maximum atomic E-state index is 12.2. The van der Waals surface area contributed by atoms with Crippen molar-refractivity contribution in [3.05, 3.63) is 18.4 Å². The third-order valence-electron chi connectivity index (χ3n) is 3.74. The summed E-state index contributed by atoms with van der Waals surface area (Å²) in [6.07, 6.45) is 7.37. The zero-order valence-electron chi connectivity index (χ0n) is 12.4. The minimum atomic E-state index is -0.271. The van der Waals surface area contributed by atoms with Crippen molar-refractivity contribution < 1.29 is 13.6 Å². The maximum absolute atomic E-state index is 12.2. The lowest BCUT2D eigenvalue weighted by Gasteiger charge is -2.23. The molecule has 3 rings (SSSR count). The first kappa shape index (κ1) is 15.1.